The third-order valence-corrected chi connectivity index (χ3v) is 3.78. The van der Waals surface area contributed by atoms with E-state index in [1.54, 1.807) is 18.2 Å². The fraction of sp³-hybridized carbons (Fsp3) is 0.158. The second kappa shape index (κ2) is 8.76. The van der Waals surface area contributed by atoms with Crippen LogP contribution in [-0.2, 0) is 4.79 Å². The smallest absolute Gasteiger partial charge is 0.267 e. The maximum Gasteiger partial charge on any atom is 0.267 e. The lowest BCUT2D eigenvalue weighted by Gasteiger charge is -2.18. The van der Waals surface area contributed by atoms with Crippen LogP contribution in [-0.4, -0.2) is 19.6 Å². The topological polar surface area (TPSA) is 65.4 Å². The molecule has 5 nitrogen and oxygen atoms in total. The molecular weight excluding hydrogens is 338 g/mol. The van der Waals surface area contributed by atoms with Crippen molar-refractivity contribution in [2.24, 2.45) is 0 Å². The monoisotopic (exact) mass is 355 g/mol. The molecule has 0 atom stereocenters. The van der Waals surface area contributed by atoms with E-state index in [4.69, 9.17) is 16.3 Å². The number of ether oxygens (including phenoxy) is 1. The van der Waals surface area contributed by atoms with Crippen molar-refractivity contribution in [2.45, 2.75) is 6.92 Å². The van der Waals surface area contributed by atoms with E-state index in [-0.39, 0.29) is 5.57 Å². The van der Waals surface area contributed by atoms with Crippen LogP contribution in [0.25, 0.3) is 0 Å². The maximum absolute atomic E-state index is 12.4. The summed E-state index contributed by atoms with van der Waals surface area (Å²) in [7, 11) is 1.51. The summed E-state index contributed by atoms with van der Waals surface area (Å²) in [5, 5.41) is 12.4. The van der Waals surface area contributed by atoms with Gasteiger partial charge in [0.1, 0.15) is 17.4 Å². The van der Waals surface area contributed by atoms with Crippen LogP contribution in [0.2, 0.25) is 5.02 Å². The van der Waals surface area contributed by atoms with E-state index >= 15 is 0 Å². The van der Waals surface area contributed by atoms with E-state index in [0.717, 1.165) is 5.69 Å². The summed E-state index contributed by atoms with van der Waals surface area (Å²) in [5.74, 6) is 0.00932. The highest BCUT2D eigenvalue weighted by atomic mass is 35.5. The van der Waals surface area contributed by atoms with Crippen LogP contribution < -0.4 is 15.0 Å². The van der Waals surface area contributed by atoms with Gasteiger partial charge < -0.3 is 15.0 Å². The van der Waals surface area contributed by atoms with Gasteiger partial charge in [-0.05, 0) is 37.3 Å². The molecule has 0 aliphatic rings. The average molecular weight is 356 g/mol. The van der Waals surface area contributed by atoms with Crippen molar-refractivity contribution in [3.05, 3.63) is 65.3 Å². The highest BCUT2D eigenvalue weighted by Gasteiger charge is 2.13. The van der Waals surface area contributed by atoms with Crippen LogP contribution in [0.5, 0.6) is 5.75 Å². The molecule has 0 fully saturated rings. The fourth-order valence-electron chi connectivity index (χ4n) is 2.20. The lowest BCUT2D eigenvalue weighted by molar-refractivity contribution is -0.112. The number of carbonyl (C=O) groups is 1. The van der Waals surface area contributed by atoms with Gasteiger partial charge in [-0.15, -0.1) is 0 Å². The summed E-state index contributed by atoms with van der Waals surface area (Å²) in [6, 6.07) is 16.4. The van der Waals surface area contributed by atoms with Gasteiger partial charge in [0, 0.05) is 24.1 Å². The molecule has 2 aromatic rings. The Morgan fingerprint density at radius 1 is 1.32 bits per heavy atom. The zero-order valence-electron chi connectivity index (χ0n) is 14.0. The number of amides is 1. The minimum absolute atomic E-state index is 0.00218. The zero-order valence-corrected chi connectivity index (χ0v) is 14.7. The quantitative estimate of drug-likeness (QED) is 0.622. The predicted octanol–water partition coefficient (Wildman–Crippen LogP) is 4.22. The SMILES string of the molecule is CCN(/C=C(/C#N)C(=O)Nc1ccc(OC)c(Cl)c1)c1ccccc1. The van der Waals surface area contributed by atoms with Gasteiger partial charge >= 0.3 is 0 Å². The largest absolute Gasteiger partial charge is 0.495 e. The minimum Gasteiger partial charge on any atom is -0.495 e. The van der Waals surface area contributed by atoms with E-state index in [0.29, 0.717) is 23.0 Å². The Hall–Kier alpha value is -2.97. The second-order valence-electron chi connectivity index (χ2n) is 5.08. The molecular formula is C19H18ClN3O2. The number of halogens is 1. The van der Waals surface area contributed by atoms with Crippen molar-refractivity contribution in [1.29, 1.82) is 5.26 Å². The van der Waals surface area contributed by atoms with Crippen molar-refractivity contribution < 1.29 is 9.53 Å². The Morgan fingerprint density at radius 2 is 2.04 bits per heavy atom. The Kier molecular flexibility index (Phi) is 6.44. The van der Waals surface area contributed by atoms with Crippen molar-refractivity contribution in [1.82, 2.24) is 0 Å². The molecule has 0 saturated carbocycles. The molecule has 0 aliphatic heterocycles. The van der Waals surface area contributed by atoms with Crippen molar-refractivity contribution >= 4 is 28.9 Å². The number of rotatable bonds is 6. The Labute approximate surface area is 152 Å². The first-order chi connectivity index (χ1) is 12.1. The van der Waals surface area contributed by atoms with Crippen LogP contribution in [0, 0.1) is 11.3 Å². The molecule has 0 spiro atoms. The fourth-order valence-corrected chi connectivity index (χ4v) is 2.46. The zero-order chi connectivity index (χ0) is 18.2. The van der Waals surface area contributed by atoms with Gasteiger partial charge in [-0.3, -0.25) is 4.79 Å². The van der Waals surface area contributed by atoms with Gasteiger partial charge in [0.25, 0.3) is 5.91 Å². The number of hydrogen-bond donors (Lipinski definition) is 1. The van der Waals surface area contributed by atoms with Gasteiger partial charge in [-0.1, -0.05) is 29.8 Å². The van der Waals surface area contributed by atoms with Crippen LogP contribution in [0.1, 0.15) is 6.92 Å². The molecule has 0 aliphatic carbocycles. The highest BCUT2D eigenvalue weighted by Crippen LogP contribution is 2.27. The molecule has 128 valence electrons. The maximum atomic E-state index is 12.4. The molecule has 0 bridgehead atoms. The second-order valence-corrected chi connectivity index (χ2v) is 5.49. The molecule has 0 radical (unpaired) electrons. The highest BCUT2D eigenvalue weighted by molar-refractivity contribution is 6.32. The Balaban J connectivity index is 2.20. The first kappa shape index (κ1) is 18.4. The third kappa shape index (κ3) is 4.75. The summed E-state index contributed by atoms with van der Waals surface area (Å²) < 4.78 is 5.07. The van der Waals surface area contributed by atoms with E-state index in [9.17, 15) is 10.1 Å². The first-order valence-electron chi connectivity index (χ1n) is 7.67. The number of nitriles is 1. The molecule has 0 saturated heterocycles. The number of para-hydroxylation sites is 1. The molecule has 1 N–H and O–H groups in total. The van der Waals surface area contributed by atoms with Gasteiger partial charge in [0.15, 0.2) is 0 Å². The summed E-state index contributed by atoms with van der Waals surface area (Å²) >= 11 is 6.05. The molecule has 2 aromatic carbocycles. The third-order valence-electron chi connectivity index (χ3n) is 3.49. The average Bonchev–Trinajstić information content (AvgIpc) is 2.63. The van der Waals surface area contributed by atoms with E-state index in [1.165, 1.54) is 13.3 Å². The van der Waals surface area contributed by atoms with E-state index in [2.05, 4.69) is 5.32 Å². The first-order valence-corrected chi connectivity index (χ1v) is 8.05. The Morgan fingerprint density at radius 3 is 2.60 bits per heavy atom. The number of hydrogen-bond acceptors (Lipinski definition) is 4. The number of methoxy groups -OCH3 is 1. The predicted molar refractivity (Wildman–Crippen MR) is 99.8 cm³/mol. The molecule has 6 heteroatoms. The Bertz CT molecular complexity index is 813. The summed E-state index contributed by atoms with van der Waals surface area (Å²) in [6.07, 6.45) is 1.54. The van der Waals surface area contributed by atoms with E-state index < -0.39 is 5.91 Å². The van der Waals surface area contributed by atoms with Gasteiger partial charge in [0.2, 0.25) is 0 Å². The lowest BCUT2D eigenvalue weighted by Crippen LogP contribution is -2.20. The molecule has 0 unspecified atom stereocenters. The van der Waals surface area contributed by atoms with Crippen molar-refractivity contribution in [2.75, 3.05) is 23.9 Å². The lowest BCUT2D eigenvalue weighted by atomic mass is 10.2. The normalized spacial score (nSPS) is 10.7. The summed E-state index contributed by atoms with van der Waals surface area (Å²) in [5.41, 5.74) is 1.38. The number of anilines is 2. The van der Waals surface area contributed by atoms with Crippen LogP contribution in [0.15, 0.2) is 60.3 Å². The van der Waals surface area contributed by atoms with Crippen LogP contribution >= 0.6 is 11.6 Å². The molecule has 0 aromatic heterocycles. The van der Waals surface area contributed by atoms with Gasteiger partial charge in [0.05, 0.1) is 12.1 Å². The summed E-state index contributed by atoms with van der Waals surface area (Å²) in [4.78, 5) is 14.2. The van der Waals surface area contributed by atoms with E-state index in [1.807, 2.05) is 48.2 Å². The van der Waals surface area contributed by atoms with Gasteiger partial charge in [-0.25, -0.2) is 0 Å². The molecule has 2 rings (SSSR count). The minimum atomic E-state index is -0.502. The van der Waals surface area contributed by atoms with Crippen LogP contribution in [0.3, 0.4) is 0 Å². The molecule has 0 heterocycles. The van der Waals surface area contributed by atoms with Crippen LogP contribution in [0.4, 0.5) is 11.4 Å². The number of nitrogens with one attached hydrogen (secondary N) is 1. The summed E-state index contributed by atoms with van der Waals surface area (Å²) in [6.45, 7) is 2.57. The number of benzene rings is 2. The van der Waals surface area contributed by atoms with Crippen molar-refractivity contribution in [3.63, 3.8) is 0 Å². The van der Waals surface area contributed by atoms with Crippen molar-refractivity contribution in [3.8, 4) is 11.8 Å². The van der Waals surface area contributed by atoms with Gasteiger partial charge in [-0.2, -0.15) is 5.26 Å². The standard InChI is InChI=1S/C19H18ClN3O2/c1-3-23(16-7-5-4-6-8-16)13-14(12-21)19(24)22-15-9-10-18(25-2)17(20)11-15/h4-11,13H,3H2,1-2H3,(H,22,24)/b14-13-. The molecule has 1 amide bonds. The molecule has 25 heavy (non-hydrogen) atoms. The number of nitrogens with zero attached hydrogens (tertiary/aromatic N) is 2. The number of carbonyl (C=O) groups excluding carboxylic acids is 1.